The van der Waals surface area contributed by atoms with Crippen molar-refractivity contribution in [2.24, 2.45) is 0 Å². The first kappa shape index (κ1) is 18.0. The van der Waals surface area contributed by atoms with Crippen LogP contribution in [-0.4, -0.2) is 35.1 Å². The van der Waals surface area contributed by atoms with Crippen LogP contribution in [0.25, 0.3) is 0 Å². The highest BCUT2D eigenvalue weighted by Crippen LogP contribution is 2.27. The minimum atomic E-state index is -0.409. The van der Waals surface area contributed by atoms with Crippen molar-refractivity contribution in [3.63, 3.8) is 0 Å². The predicted molar refractivity (Wildman–Crippen MR) is 94.6 cm³/mol. The Morgan fingerprint density at radius 2 is 1.96 bits per heavy atom. The third-order valence-corrected chi connectivity index (χ3v) is 3.90. The number of carbonyl (C=O) groups excluding carboxylic acids is 1. The van der Waals surface area contributed by atoms with E-state index in [0.717, 1.165) is 17.7 Å². The lowest BCUT2D eigenvalue weighted by molar-refractivity contribution is 0.172. The number of amides is 1. The number of aromatic nitrogens is 2. The number of hydrogen-bond donors (Lipinski definition) is 1. The van der Waals surface area contributed by atoms with Crippen LogP contribution in [0.2, 0.25) is 5.02 Å². The van der Waals surface area contributed by atoms with Crippen LogP contribution in [0.1, 0.15) is 31.1 Å². The molecule has 0 aliphatic carbocycles. The van der Waals surface area contributed by atoms with Crippen molar-refractivity contribution >= 4 is 23.5 Å². The normalized spacial score (nSPS) is 11.7. The van der Waals surface area contributed by atoms with E-state index < -0.39 is 6.09 Å². The second kappa shape index (κ2) is 7.97. The minimum Gasteiger partial charge on any atom is -0.410 e. The molecule has 0 aliphatic heterocycles. The molecule has 1 aromatic heterocycles. The summed E-state index contributed by atoms with van der Waals surface area (Å²) in [6.07, 6.45) is 1.84. The second-order valence-corrected chi connectivity index (χ2v) is 5.91. The Kier molecular flexibility index (Phi) is 5.98. The summed E-state index contributed by atoms with van der Waals surface area (Å²) >= 11 is 6.30. The van der Waals surface area contributed by atoms with Gasteiger partial charge in [-0.25, -0.2) is 14.8 Å². The first-order chi connectivity index (χ1) is 11.4. The van der Waals surface area contributed by atoms with Gasteiger partial charge >= 0.3 is 6.09 Å². The van der Waals surface area contributed by atoms with Gasteiger partial charge in [0, 0.05) is 20.1 Å². The molecule has 128 valence electrons. The molecule has 0 saturated heterocycles. The molecule has 1 aromatic carbocycles. The third-order valence-electron chi connectivity index (χ3n) is 3.50. The lowest BCUT2D eigenvalue weighted by Crippen LogP contribution is -2.25. The van der Waals surface area contributed by atoms with Gasteiger partial charge in [-0.15, -0.1) is 0 Å². The van der Waals surface area contributed by atoms with Crippen LogP contribution >= 0.6 is 11.6 Å². The molecule has 1 unspecified atom stereocenters. The monoisotopic (exact) mass is 348 g/mol. The molecule has 0 bridgehead atoms. The zero-order chi connectivity index (χ0) is 17.7. The first-order valence-electron chi connectivity index (χ1n) is 7.67. The lowest BCUT2D eigenvalue weighted by Gasteiger charge is -2.17. The van der Waals surface area contributed by atoms with E-state index in [1.54, 1.807) is 26.2 Å². The number of carbonyl (C=O) groups is 1. The Balaban J connectivity index is 2.08. The molecule has 0 saturated carbocycles. The average Bonchev–Trinajstić information content (AvgIpc) is 2.57. The van der Waals surface area contributed by atoms with Gasteiger partial charge in [0.15, 0.2) is 0 Å². The Hall–Kier alpha value is -2.34. The summed E-state index contributed by atoms with van der Waals surface area (Å²) in [6, 6.07) is 7.29. The van der Waals surface area contributed by atoms with Gasteiger partial charge in [-0.2, -0.15) is 0 Å². The number of rotatable bonds is 5. The summed E-state index contributed by atoms with van der Waals surface area (Å²) in [6.45, 7) is 4.00. The number of halogens is 1. The maximum absolute atomic E-state index is 11.5. The van der Waals surface area contributed by atoms with Gasteiger partial charge in [0.05, 0.1) is 5.69 Å². The number of hydrogen-bond acceptors (Lipinski definition) is 5. The maximum Gasteiger partial charge on any atom is 0.414 e. The number of nitrogens with zero attached hydrogens (tertiary/aromatic N) is 3. The van der Waals surface area contributed by atoms with Gasteiger partial charge in [-0.3, -0.25) is 0 Å². The molecule has 1 atom stereocenters. The molecule has 2 aromatic rings. The standard InChI is InChI=1S/C17H21ClN4O2/c1-5-14-15(18)16(20-10-19-14)21-11(2)12-6-8-13(9-7-12)24-17(23)22(3)4/h6-11H,5H2,1-4H3,(H,19,20,21). The van der Waals surface area contributed by atoms with E-state index in [1.165, 1.54) is 11.2 Å². The van der Waals surface area contributed by atoms with E-state index in [2.05, 4.69) is 15.3 Å². The van der Waals surface area contributed by atoms with Gasteiger partial charge in [0.25, 0.3) is 0 Å². The van der Waals surface area contributed by atoms with Crippen LogP contribution in [-0.2, 0) is 6.42 Å². The van der Waals surface area contributed by atoms with Gasteiger partial charge in [-0.1, -0.05) is 30.7 Å². The molecule has 1 N–H and O–H groups in total. The van der Waals surface area contributed by atoms with Crippen molar-refractivity contribution in [1.82, 2.24) is 14.9 Å². The Bertz CT molecular complexity index is 704. The zero-order valence-electron chi connectivity index (χ0n) is 14.2. The molecular formula is C17H21ClN4O2. The number of benzene rings is 1. The van der Waals surface area contributed by atoms with Crippen molar-refractivity contribution in [3.8, 4) is 5.75 Å². The largest absolute Gasteiger partial charge is 0.414 e. The van der Waals surface area contributed by atoms with E-state index in [1.807, 2.05) is 26.0 Å². The highest BCUT2D eigenvalue weighted by molar-refractivity contribution is 6.33. The topological polar surface area (TPSA) is 67.4 Å². The van der Waals surface area contributed by atoms with Crippen LogP contribution in [0.15, 0.2) is 30.6 Å². The van der Waals surface area contributed by atoms with Crippen LogP contribution in [0.5, 0.6) is 5.75 Å². The fourth-order valence-electron chi connectivity index (χ4n) is 2.06. The lowest BCUT2D eigenvalue weighted by atomic mass is 10.1. The van der Waals surface area contributed by atoms with Crippen LogP contribution in [0.3, 0.4) is 0 Å². The van der Waals surface area contributed by atoms with Gasteiger partial charge in [0.1, 0.15) is 22.9 Å². The number of anilines is 1. The van der Waals surface area contributed by atoms with Crippen molar-refractivity contribution in [3.05, 3.63) is 46.9 Å². The first-order valence-corrected chi connectivity index (χ1v) is 8.05. The summed E-state index contributed by atoms with van der Waals surface area (Å²) in [5, 5.41) is 3.83. The third kappa shape index (κ3) is 4.35. The van der Waals surface area contributed by atoms with E-state index >= 15 is 0 Å². The van der Waals surface area contributed by atoms with Crippen LogP contribution in [0, 0.1) is 0 Å². The summed E-state index contributed by atoms with van der Waals surface area (Å²) in [4.78, 5) is 21.3. The Morgan fingerprint density at radius 1 is 1.29 bits per heavy atom. The molecule has 0 aliphatic rings. The number of nitrogens with one attached hydrogen (secondary N) is 1. The molecule has 0 spiro atoms. The summed E-state index contributed by atoms with van der Waals surface area (Å²) in [5.74, 6) is 1.11. The summed E-state index contributed by atoms with van der Waals surface area (Å²) in [5.41, 5.74) is 1.83. The molecule has 24 heavy (non-hydrogen) atoms. The minimum absolute atomic E-state index is 0.0132. The molecule has 0 radical (unpaired) electrons. The molecule has 0 fully saturated rings. The maximum atomic E-state index is 11.5. The van der Waals surface area contributed by atoms with Crippen molar-refractivity contribution in [1.29, 1.82) is 0 Å². The fraction of sp³-hybridized carbons (Fsp3) is 0.353. The van der Waals surface area contributed by atoms with E-state index in [0.29, 0.717) is 16.6 Å². The molecule has 6 nitrogen and oxygen atoms in total. The van der Waals surface area contributed by atoms with Crippen molar-refractivity contribution in [2.75, 3.05) is 19.4 Å². The molecule has 7 heteroatoms. The van der Waals surface area contributed by atoms with Crippen LogP contribution in [0.4, 0.5) is 10.6 Å². The summed E-state index contributed by atoms with van der Waals surface area (Å²) < 4.78 is 5.20. The Morgan fingerprint density at radius 3 is 2.54 bits per heavy atom. The van der Waals surface area contributed by atoms with Crippen LogP contribution < -0.4 is 10.1 Å². The Labute approximate surface area is 146 Å². The second-order valence-electron chi connectivity index (χ2n) is 5.53. The molecule has 1 heterocycles. The highest BCUT2D eigenvalue weighted by Gasteiger charge is 2.12. The fourth-order valence-corrected chi connectivity index (χ4v) is 2.34. The predicted octanol–water partition coefficient (Wildman–Crippen LogP) is 3.93. The van der Waals surface area contributed by atoms with E-state index in [-0.39, 0.29) is 6.04 Å². The van der Waals surface area contributed by atoms with Gasteiger partial charge in [-0.05, 0) is 31.0 Å². The smallest absolute Gasteiger partial charge is 0.410 e. The number of aryl methyl sites for hydroxylation is 1. The molecular weight excluding hydrogens is 328 g/mol. The number of ether oxygens (including phenoxy) is 1. The molecule has 2 rings (SSSR count). The van der Waals surface area contributed by atoms with Gasteiger partial charge < -0.3 is 15.0 Å². The summed E-state index contributed by atoms with van der Waals surface area (Å²) in [7, 11) is 3.28. The van der Waals surface area contributed by atoms with E-state index in [4.69, 9.17) is 16.3 Å². The highest BCUT2D eigenvalue weighted by atomic mass is 35.5. The average molecular weight is 349 g/mol. The SMILES string of the molecule is CCc1ncnc(NC(C)c2ccc(OC(=O)N(C)C)cc2)c1Cl. The van der Waals surface area contributed by atoms with Crippen molar-refractivity contribution < 1.29 is 9.53 Å². The quantitative estimate of drug-likeness (QED) is 0.886. The van der Waals surface area contributed by atoms with Gasteiger partial charge in [0.2, 0.25) is 0 Å². The zero-order valence-corrected chi connectivity index (χ0v) is 15.0. The van der Waals surface area contributed by atoms with Crippen molar-refractivity contribution in [2.45, 2.75) is 26.3 Å². The molecule has 1 amide bonds. The van der Waals surface area contributed by atoms with E-state index in [9.17, 15) is 4.79 Å².